The van der Waals surface area contributed by atoms with E-state index in [-0.39, 0.29) is 30.7 Å². The van der Waals surface area contributed by atoms with Crippen molar-refractivity contribution in [1.29, 1.82) is 0 Å². The lowest BCUT2D eigenvalue weighted by molar-refractivity contribution is -0.145. The van der Waals surface area contributed by atoms with Crippen LogP contribution in [0.3, 0.4) is 0 Å². The van der Waals surface area contributed by atoms with Crippen LogP contribution in [0.1, 0.15) is 6.42 Å². The Balaban J connectivity index is 1.42. The van der Waals surface area contributed by atoms with Crippen molar-refractivity contribution in [3.05, 3.63) is 42.5 Å². The van der Waals surface area contributed by atoms with Crippen LogP contribution in [0.5, 0.6) is 0 Å². The number of nitrogens with one attached hydrogen (secondary N) is 2. The van der Waals surface area contributed by atoms with Crippen LogP contribution in [0.15, 0.2) is 42.5 Å². The van der Waals surface area contributed by atoms with Crippen LogP contribution in [0, 0.1) is 0 Å². The highest BCUT2D eigenvalue weighted by Crippen LogP contribution is 2.23. The molecule has 31 heavy (non-hydrogen) atoms. The van der Waals surface area contributed by atoms with Gasteiger partial charge in [-0.1, -0.05) is 36.4 Å². The Morgan fingerprint density at radius 1 is 1.03 bits per heavy atom. The van der Waals surface area contributed by atoms with Crippen LogP contribution in [0.2, 0.25) is 0 Å². The summed E-state index contributed by atoms with van der Waals surface area (Å²) in [5.41, 5.74) is 0.703. The van der Waals surface area contributed by atoms with E-state index in [0.29, 0.717) is 18.8 Å². The number of hydrogen-bond donors (Lipinski definition) is 2. The molecule has 2 aromatic carbocycles. The van der Waals surface area contributed by atoms with Crippen LogP contribution >= 0.6 is 0 Å². The number of piperazine rings is 2. The molecule has 0 bridgehead atoms. The van der Waals surface area contributed by atoms with Crippen LogP contribution in [0.4, 0.5) is 5.69 Å². The lowest BCUT2D eigenvalue weighted by atomic mass is 10.1. The van der Waals surface area contributed by atoms with E-state index in [2.05, 4.69) is 27.5 Å². The minimum atomic E-state index is -0.788. The van der Waals surface area contributed by atoms with Gasteiger partial charge in [0.05, 0.1) is 13.0 Å². The van der Waals surface area contributed by atoms with Gasteiger partial charge in [-0.3, -0.25) is 19.3 Å². The van der Waals surface area contributed by atoms with Gasteiger partial charge in [0.2, 0.25) is 17.7 Å². The molecule has 2 saturated heterocycles. The average Bonchev–Trinajstić information content (AvgIpc) is 2.77. The summed E-state index contributed by atoms with van der Waals surface area (Å²) >= 11 is 0. The largest absolute Gasteiger partial charge is 0.353 e. The van der Waals surface area contributed by atoms with Crippen LogP contribution < -0.4 is 10.6 Å². The highest BCUT2D eigenvalue weighted by Gasteiger charge is 2.35. The molecule has 2 aromatic rings. The molecule has 2 aliphatic heterocycles. The molecule has 2 aliphatic rings. The van der Waals surface area contributed by atoms with Gasteiger partial charge in [-0.2, -0.15) is 0 Å². The van der Waals surface area contributed by atoms with Gasteiger partial charge in [0.1, 0.15) is 6.04 Å². The fourth-order valence-corrected chi connectivity index (χ4v) is 4.22. The molecule has 2 heterocycles. The summed E-state index contributed by atoms with van der Waals surface area (Å²) in [5.74, 6) is -0.649. The first-order chi connectivity index (χ1) is 15.0. The SMILES string of the molecule is CN1CCN(CC(=O)N2CCNC(=O)[C@@H]2CC(=O)Nc2cccc3ccccc23)CC1. The predicted molar refractivity (Wildman–Crippen MR) is 120 cm³/mol. The Bertz CT molecular complexity index is 965. The Morgan fingerprint density at radius 3 is 2.58 bits per heavy atom. The van der Waals surface area contributed by atoms with E-state index in [1.807, 2.05) is 42.5 Å². The van der Waals surface area contributed by atoms with Crippen molar-refractivity contribution < 1.29 is 14.4 Å². The van der Waals surface area contributed by atoms with Gasteiger partial charge in [-0.05, 0) is 18.5 Å². The molecule has 0 unspecified atom stereocenters. The molecule has 0 radical (unpaired) electrons. The van der Waals surface area contributed by atoms with Crippen LogP contribution in [-0.2, 0) is 14.4 Å². The quantitative estimate of drug-likeness (QED) is 0.741. The molecule has 3 amide bonds. The molecular formula is C23H29N5O3. The van der Waals surface area contributed by atoms with E-state index in [0.717, 1.165) is 37.0 Å². The number of rotatable bonds is 5. The summed E-state index contributed by atoms with van der Waals surface area (Å²) < 4.78 is 0. The van der Waals surface area contributed by atoms with Crippen molar-refractivity contribution >= 4 is 34.2 Å². The van der Waals surface area contributed by atoms with E-state index in [9.17, 15) is 14.4 Å². The number of fused-ring (bicyclic) bond motifs is 1. The molecule has 0 spiro atoms. The van der Waals surface area contributed by atoms with Gasteiger partial charge in [0.25, 0.3) is 0 Å². The summed E-state index contributed by atoms with van der Waals surface area (Å²) in [4.78, 5) is 44.3. The fourth-order valence-electron chi connectivity index (χ4n) is 4.22. The second-order valence-electron chi connectivity index (χ2n) is 8.25. The monoisotopic (exact) mass is 423 g/mol. The number of carbonyl (C=O) groups excluding carboxylic acids is 3. The number of carbonyl (C=O) groups is 3. The van der Waals surface area contributed by atoms with Gasteiger partial charge >= 0.3 is 0 Å². The normalized spacial score (nSPS) is 20.5. The maximum atomic E-state index is 13.0. The highest BCUT2D eigenvalue weighted by molar-refractivity contribution is 6.04. The lowest BCUT2D eigenvalue weighted by Gasteiger charge is -2.37. The number of anilines is 1. The standard InChI is InChI=1S/C23H29N5O3/c1-26-11-13-27(14-12-26)16-22(30)28-10-9-24-23(31)20(28)15-21(29)25-19-8-4-6-17-5-2-3-7-18(17)19/h2-8,20H,9-16H2,1H3,(H,24,31)(H,25,29)/t20-/m0/s1. The topological polar surface area (TPSA) is 85.0 Å². The van der Waals surface area contributed by atoms with Crippen molar-refractivity contribution in [3.63, 3.8) is 0 Å². The van der Waals surface area contributed by atoms with Crippen molar-refractivity contribution in [2.75, 3.05) is 58.2 Å². The molecule has 2 fully saturated rings. The van der Waals surface area contributed by atoms with Gasteiger partial charge in [-0.15, -0.1) is 0 Å². The van der Waals surface area contributed by atoms with Gasteiger partial charge < -0.3 is 20.4 Å². The minimum absolute atomic E-state index is 0.0659. The summed E-state index contributed by atoms with van der Waals surface area (Å²) in [5, 5.41) is 7.68. The van der Waals surface area contributed by atoms with Crippen molar-refractivity contribution in [1.82, 2.24) is 20.0 Å². The first-order valence-corrected chi connectivity index (χ1v) is 10.8. The number of amides is 3. The number of nitrogens with zero attached hydrogens (tertiary/aromatic N) is 3. The average molecular weight is 424 g/mol. The van der Waals surface area contributed by atoms with Crippen molar-refractivity contribution in [3.8, 4) is 0 Å². The van der Waals surface area contributed by atoms with Crippen LogP contribution in [-0.4, -0.2) is 91.3 Å². The van der Waals surface area contributed by atoms with E-state index in [4.69, 9.17) is 0 Å². The predicted octanol–water partition coefficient (Wildman–Crippen LogP) is 0.743. The summed E-state index contributed by atoms with van der Waals surface area (Å²) in [6.07, 6.45) is -0.0659. The second-order valence-corrected chi connectivity index (χ2v) is 8.25. The third-order valence-corrected chi connectivity index (χ3v) is 6.05. The van der Waals surface area contributed by atoms with E-state index in [1.54, 1.807) is 4.90 Å². The maximum absolute atomic E-state index is 13.0. The molecule has 2 N–H and O–H groups in total. The smallest absolute Gasteiger partial charge is 0.243 e. The zero-order valence-corrected chi connectivity index (χ0v) is 17.8. The number of likely N-dealkylation sites (N-methyl/N-ethyl adjacent to an activating group) is 1. The van der Waals surface area contributed by atoms with Crippen LogP contribution in [0.25, 0.3) is 10.8 Å². The zero-order chi connectivity index (χ0) is 21.8. The molecule has 4 rings (SSSR count). The summed E-state index contributed by atoms with van der Waals surface area (Å²) in [7, 11) is 2.07. The first-order valence-electron chi connectivity index (χ1n) is 10.8. The molecule has 0 aliphatic carbocycles. The molecule has 8 heteroatoms. The highest BCUT2D eigenvalue weighted by atomic mass is 16.2. The molecule has 8 nitrogen and oxygen atoms in total. The Kier molecular flexibility index (Phi) is 6.48. The van der Waals surface area contributed by atoms with E-state index in [1.165, 1.54) is 0 Å². The third kappa shape index (κ3) is 5.03. The summed E-state index contributed by atoms with van der Waals surface area (Å²) in [6, 6.07) is 12.7. The summed E-state index contributed by atoms with van der Waals surface area (Å²) in [6.45, 7) is 4.61. The van der Waals surface area contributed by atoms with Crippen molar-refractivity contribution in [2.24, 2.45) is 0 Å². The van der Waals surface area contributed by atoms with Crippen molar-refractivity contribution in [2.45, 2.75) is 12.5 Å². The minimum Gasteiger partial charge on any atom is -0.353 e. The number of benzene rings is 2. The molecular weight excluding hydrogens is 394 g/mol. The lowest BCUT2D eigenvalue weighted by Crippen LogP contribution is -2.60. The second kappa shape index (κ2) is 9.45. The maximum Gasteiger partial charge on any atom is 0.243 e. The Hall–Kier alpha value is -2.97. The third-order valence-electron chi connectivity index (χ3n) is 6.05. The molecule has 1 atom stereocenters. The zero-order valence-electron chi connectivity index (χ0n) is 17.8. The van der Waals surface area contributed by atoms with Gasteiger partial charge in [0, 0.05) is 50.3 Å². The van der Waals surface area contributed by atoms with Gasteiger partial charge in [0.15, 0.2) is 0 Å². The van der Waals surface area contributed by atoms with E-state index >= 15 is 0 Å². The molecule has 0 aromatic heterocycles. The molecule has 164 valence electrons. The van der Waals surface area contributed by atoms with Gasteiger partial charge in [-0.25, -0.2) is 0 Å². The fraction of sp³-hybridized carbons (Fsp3) is 0.435. The number of hydrogen-bond acceptors (Lipinski definition) is 5. The molecule has 0 saturated carbocycles. The first kappa shape index (κ1) is 21.3. The van der Waals surface area contributed by atoms with E-state index < -0.39 is 6.04 Å². The Morgan fingerprint density at radius 2 is 1.77 bits per heavy atom. The Labute approximate surface area is 182 Å².